The summed E-state index contributed by atoms with van der Waals surface area (Å²) < 4.78 is 11.8. The van der Waals surface area contributed by atoms with Crippen LogP contribution in [-0.2, 0) is 44.7 Å². The molecule has 0 spiro atoms. The van der Waals surface area contributed by atoms with Crippen LogP contribution in [-0.4, -0.2) is 75.3 Å². The largest absolute Gasteiger partial charge is 0.444 e. The molecule has 97 heavy (non-hydrogen) atoms. The molecule has 0 aliphatic carbocycles. The van der Waals surface area contributed by atoms with Crippen molar-refractivity contribution < 1.29 is 38.2 Å². The number of aryl methyl sites for hydroxylation is 4. The molecule has 5 N–H and O–H groups in total. The fourth-order valence-electron chi connectivity index (χ4n) is 7.48. The highest BCUT2D eigenvalue weighted by Gasteiger charge is 2.28. The van der Waals surface area contributed by atoms with E-state index in [9.17, 15) is 33.6 Å². The number of carbonyl (C=O) groups excluding carboxylic acids is 6. The molecule has 6 aromatic carbocycles. The van der Waals surface area contributed by atoms with E-state index >= 15 is 0 Å². The van der Waals surface area contributed by atoms with E-state index in [4.69, 9.17) is 9.47 Å². The van der Waals surface area contributed by atoms with Gasteiger partial charge in [0, 0.05) is 53.9 Å². The number of imide groups is 1. The molecule has 3 unspecified atom stereocenters. The molecule has 21 heteroatoms. The summed E-state index contributed by atoms with van der Waals surface area (Å²) in [5.74, 6) is -1.07. The van der Waals surface area contributed by atoms with Gasteiger partial charge in [-0.05, 0) is 174 Å². The predicted octanol–water partition coefficient (Wildman–Crippen LogP) is 19.8. The molecule has 17 nitrogen and oxygen atoms in total. The maximum Gasteiger partial charge on any atom is 0.426 e. The second kappa shape index (κ2) is 59.2. The van der Waals surface area contributed by atoms with Crippen LogP contribution in [0.1, 0.15) is 214 Å². The summed E-state index contributed by atoms with van der Waals surface area (Å²) >= 11 is 4.24. The van der Waals surface area contributed by atoms with Crippen LogP contribution < -0.4 is 37.8 Å². The van der Waals surface area contributed by atoms with Crippen molar-refractivity contribution in [3.63, 3.8) is 0 Å². The minimum Gasteiger partial charge on any atom is -0.444 e. The second-order valence-corrected chi connectivity index (χ2v) is 22.4. The number of benzene rings is 6. The molecule has 0 aliphatic heterocycles. The molecule has 1 heterocycles. The van der Waals surface area contributed by atoms with E-state index in [1.807, 2.05) is 215 Å². The normalized spacial score (nSPS) is 9.96. The molecular weight excluding hydrogens is 1480 g/mol. The molecule has 0 bridgehead atoms. The molecule has 5 amide bonds. The van der Waals surface area contributed by atoms with Crippen molar-refractivity contribution in [1.29, 1.82) is 0 Å². The quantitative estimate of drug-likeness (QED) is 0.0213. The lowest BCUT2D eigenvalue weighted by molar-refractivity contribution is -0.122. The van der Waals surface area contributed by atoms with Gasteiger partial charge in [0.2, 0.25) is 6.08 Å². The number of isocyanates is 1. The third-order valence-corrected chi connectivity index (χ3v) is 13.4. The third kappa shape index (κ3) is 41.9. The molecule has 538 valence electrons. The Kier molecular flexibility index (Phi) is 60.3. The summed E-state index contributed by atoms with van der Waals surface area (Å²) in [6.07, 6.45) is 3.53. The number of nitrogens with one attached hydrogen (secondary N) is 5. The number of aromatic amines is 1. The molecule has 7 rings (SSSR count). The van der Waals surface area contributed by atoms with Gasteiger partial charge in [0.15, 0.2) is 5.82 Å². The number of ether oxygens (including phenoxy) is 2. The van der Waals surface area contributed by atoms with Crippen molar-refractivity contribution >= 4 is 107 Å². The lowest BCUT2D eigenvalue weighted by Gasteiger charge is -2.23. The summed E-state index contributed by atoms with van der Waals surface area (Å²) in [6, 6.07) is 44.3. The van der Waals surface area contributed by atoms with Crippen molar-refractivity contribution in [1.82, 2.24) is 30.8 Å². The fourth-order valence-corrected chi connectivity index (χ4v) is 8.60. The minimum atomic E-state index is -1.06. The number of aliphatic imine (C=N–C) groups is 1. The SMILES string of the molecule is C.CC.CC.CC.CC.CC.CC.CCc1cccc(-n2nc(-c3cccc(PC)c3)[nH]c2=O)c1.CCc1cccc(C(=O)N=C=O)c1.CCc1cccc(C(NC(=O)OC(C)(C)C)C(=O)NC(=O)c2cccc(PC)c2)c1.CCc1cccc(NNC(=O)OC(C)(C)C)c1.II. The average molecular weight is 1600 g/mol. The molecule has 0 aliphatic rings. The van der Waals surface area contributed by atoms with Gasteiger partial charge in [0.25, 0.3) is 17.7 Å². The van der Waals surface area contributed by atoms with Crippen LogP contribution in [0.4, 0.5) is 15.3 Å². The van der Waals surface area contributed by atoms with Crippen LogP contribution in [0.3, 0.4) is 0 Å². The number of H-pyrrole nitrogens is 1. The van der Waals surface area contributed by atoms with Gasteiger partial charge in [0.1, 0.15) is 17.2 Å². The minimum absolute atomic E-state index is 0. The summed E-state index contributed by atoms with van der Waals surface area (Å²) in [4.78, 5) is 88.3. The van der Waals surface area contributed by atoms with Gasteiger partial charge < -0.3 is 14.8 Å². The van der Waals surface area contributed by atoms with E-state index in [1.165, 1.54) is 27.2 Å². The Hall–Kier alpha value is -6.89. The van der Waals surface area contributed by atoms with E-state index in [1.54, 1.807) is 63.2 Å². The number of hydrazine groups is 1. The van der Waals surface area contributed by atoms with Crippen LogP contribution in [0, 0.1) is 0 Å². The maximum atomic E-state index is 13.0. The number of halogens is 2. The van der Waals surface area contributed by atoms with Gasteiger partial charge in [-0.1, -0.05) is 226 Å². The smallest absolute Gasteiger partial charge is 0.426 e. The van der Waals surface area contributed by atoms with Gasteiger partial charge in [-0.15, -0.1) is 10.1 Å². The molecule has 1 aromatic heterocycles. The highest BCUT2D eigenvalue weighted by Crippen LogP contribution is 2.20. The van der Waals surface area contributed by atoms with Crippen LogP contribution in [0.15, 0.2) is 155 Å². The number of hydrogen-bond donors (Lipinski definition) is 5. The second-order valence-electron chi connectivity index (χ2n) is 20.2. The molecule has 7 aromatic rings. The number of anilines is 1. The van der Waals surface area contributed by atoms with Crippen molar-refractivity contribution in [2.45, 2.75) is 203 Å². The maximum absolute atomic E-state index is 13.0. The number of carbonyl (C=O) groups is 5. The average Bonchev–Trinajstić information content (AvgIpc) is 1.71. The molecule has 0 fully saturated rings. The number of rotatable bonds is 15. The number of nitrogens with zero attached hydrogens (tertiary/aromatic N) is 3. The van der Waals surface area contributed by atoms with Crippen LogP contribution in [0.25, 0.3) is 17.1 Å². The third-order valence-electron chi connectivity index (χ3n) is 11.6. The molecule has 0 saturated heterocycles. The molecule has 3 atom stereocenters. The van der Waals surface area contributed by atoms with E-state index in [-0.39, 0.29) is 13.1 Å². The first-order valence-electron chi connectivity index (χ1n) is 33.0. The zero-order chi connectivity index (χ0) is 74.4. The number of amides is 5. The Morgan fingerprint density at radius 1 is 0.577 bits per heavy atom. The number of hydrogen-bond acceptors (Lipinski definition) is 11. The van der Waals surface area contributed by atoms with Crippen molar-refractivity contribution in [2.24, 2.45) is 4.99 Å². The van der Waals surface area contributed by atoms with Crippen LogP contribution in [0.5, 0.6) is 0 Å². The zero-order valence-corrected chi connectivity index (χ0v) is 67.8. The predicted molar refractivity (Wildman–Crippen MR) is 434 cm³/mol. The first-order chi connectivity index (χ1) is 46.0. The van der Waals surface area contributed by atoms with Gasteiger partial charge in [-0.25, -0.2) is 24.6 Å². The highest BCUT2D eigenvalue weighted by atomic mass is 128. The standard InChI is InChI=1S/C23H29N2O4P.C17H18N3OP.C13H20N2O2.C10H9NO2.6C2H6.CH4.I2/c1-6-15-9-7-10-16(13-15)19(24-22(28)29-23(2,3)4)21(27)25-20(26)17-11-8-12-18(14-17)30-5;1-3-12-6-4-8-14(10-12)20-17(21)18-16(19-20)13-7-5-9-15(11-13)22-2;1-5-10-7-6-8-11(9-10)14-15-12(16)17-13(2,3)4;1-2-8-4-3-5-9(6-8)10(13)11-7-12;6*1-2;;1-2/h7-14,19,30H,6H2,1-5H3,(H,24,28)(H,25,26,27);4-11,22H,3H2,1-2H3,(H,18,19,21);6-9,14H,5H2,1-4H3,(H,15,16);3-6H,2H2,1H3;6*1-2H3;1H4;. The molecule has 0 saturated carbocycles. The summed E-state index contributed by atoms with van der Waals surface area (Å²) in [5, 5.41) is 11.7. The van der Waals surface area contributed by atoms with Gasteiger partial charge >= 0.3 is 17.9 Å². The topological polar surface area (TPSA) is 232 Å². The number of alkyl carbamates (subject to hydrolysis) is 1. The van der Waals surface area contributed by atoms with E-state index < -0.39 is 47.2 Å². The Morgan fingerprint density at radius 3 is 1.54 bits per heavy atom. The highest BCUT2D eigenvalue weighted by molar-refractivity contribution is 15.0. The zero-order valence-electron chi connectivity index (χ0n) is 61.5. The van der Waals surface area contributed by atoms with Crippen LogP contribution >= 0.6 is 54.4 Å². The van der Waals surface area contributed by atoms with Gasteiger partial charge in [-0.2, -0.15) is 4.68 Å². The van der Waals surface area contributed by atoms with Gasteiger partial charge in [-0.3, -0.25) is 30.1 Å². The summed E-state index contributed by atoms with van der Waals surface area (Å²) in [7, 11) is 1.26. The van der Waals surface area contributed by atoms with E-state index in [0.717, 1.165) is 67.6 Å². The van der Waals surface area contributed by atoms with E-state index in [2.05, 4.69) is 106 Å². The van der Waals surface area contributed by atoms with Crippen molar-refractivity contribution in [2.75, 3.05) is 18.8 Å². The van der Waals surface area contributed by atoms with Crippen LogP contribution in [0.2, 0.25) is 0 Å². The van der Waals surface area contributed by atoms with Crippen molar-refractivity contribution in [3.8, 4) is 17.1 Å². The summed E-state index contributed by atoms with van der Waals surface area (Å²) in [5.41, 5.74) is 12.3. The Balaban J connectivity index is -0.000000375. The van der Waals surface area contributed by atoms with Crippen molar-refractivity contribution in [3.05, 3.63) is 195 Å². The van der Waals surface area contributed by atoms with Gasteiger partial charge in [0.05, 0.1) is 11.4 Å². The lowest BCUT2D eigenvalue weighted by Crippen LogP contribution is -2.44. The lowest BCUT2D eigenvalue weighted by atomic mass is 10.0. The molecule has 0 radical (unpaired) electrons. The van der Waals surface area contributed by atoms with E-state index in [0.29, 0.717) is 31.1 Å². The molecular formula is C76H116I2N8O9P2. The Bertz CT molecular complexity index is 3390. The Labute approximate surface area is 609 Å². The summed E-state index contributed by atoms with van der Waals surface area (Å²) in [6.45, 7) is 47.0. The Morgan fingerprint density at radius 2 is 1.02 bits per heavy atom. The first kappa shape index (κ1) is 98.8. The number of aromatic nitrogens is 3. The fraction of sp³-hybridized carbons (Fsp3) is 0.421. The monoisotopic (exact) mass is 1600 g/mol. The first-order valence-corrected chi connectivity index (χ1v) is 42.3.